The largest absolute Gasteiger partial charge is 0.497 e. The Morgan fingerprint density at radius 2 is 2.23 bits per heavy atom. The van der Waals surface area contributed by atoms with E-state index >= 15 is 0 Å². The third-order valence-electron chi connectivity index (χ3n) is 3.41. The Kier molecular flexibility index (Phi) is 3.72. The first-order chi connectivity index (χ1) is 10.6. The van der Waals surface area contributed by atoms with Gasteiger partial charge in [-0.1, -0.05) is 0 Å². The molecular formula is C15H15N3O3S. The molecule has 3 N–H and O–H groups in total. The van der Waals surface area contributed by atoms with Crippen LogP contribution < -0.4 is 10.5 Å². The average molecular weight is 317 g/mol. The number of rotatable bonds is 4. The topological polar surface area (TPSA) is 90.2 Å². The molecule has 3 aromatic rings. The maximum Gasteiger partial charge on any atom is 0.311 e. The van der Waals surface area contributed by atoms with Crippen LogP contribution in [0, 0.1) is 0 Å². The monoisotopic (exact) mass is 317 g/mol. The molecule has 0 amide bonds. The minimum atomic E-state index is -0.317. The third kappa shape index (κ3) is 2.50. The maximum atomic E-state index is 11.7. The van der Waals surface area contributed by atoms with Gasteiger partial charge in [0.25, 0.3) is 0 Å². The van der Waals surface area contributed by atoms with E-state index in [1.165, 1.54) is 18.4 Å². The SMILES string of the molecule is COC(=O)Cc1[nH]c2ccc(OC)cc2c1-c1csc(N)n1. The van der Waals surface area contributed by atoms with Crippen LogP contribution in [0.3, 0.4) is 0 Å². The van der Waals surface area contributed by atoms with Crippen LogP contribution in [0.15, 0.2) is 23.6 Å². The lowest BCUT2D eigenvalue weighted by molar-refractivity contribution is -0.139. The number of hydrogen-bond acceptors (Lipinski definition) is 6. The molecule has 114 valence electrons. The number of anilines is 1. The lowest BCUT2D eigenvalue weighted by Gasteiger charge is -2.02. The smallest absolute Gasteiger partial charge is 0.311 e. The number of aromatic amines is 1. The minimum Gasteiger partial charge on any atom is -0.497 e. The Labute approximate surface area is 130 Å². The standard InChI is InChI=1S/C15H15N3O3S/c1-20-8-3-4-10-9(5-8)14(12-7-22-15(16)18-12)11(17-10)6-13(19)21-2/h3-5,7,17H,6H2,1-2H3,(H2,16,18). The van der Waals surface area contributed by atoms with Crippen LogP contribution >= 0.6 is 11.3 Å². The number of H-pyrrole nitrogens is 1. The lowest BCUT2D eigenvalue weighted by Crippen LogP contribution is -2.05. The quantitative estimate of drug-likeness (QED) is 0.722. The minimum absolute atomic E-state index is 0.139. The molecule has 0 saturated heterocycles. The first kappa shape index (κ1) is 14.4. The molecule has 2 heterocycles. The summed E-state index contributed by atoms with van der Waals surface area (Å²) in [5, 5.41) is 3.29. The summed E-state index contributed by atoms with van der Waals surface area (Å²) in [6, 6.07) is 5.69. The van der Waals surface area contributed by atoms with Gasteiger partial charge in [0.15, 0.2) is 5.13 Å². The fourth-order valence-electron chi connectivity index (χ4n) is 2.40. The van der Waals surface area contributed by atoms with Gasteiger partial charge in [0, 0.05) is 27.5 Å². The molecule has 0 saturated carbocycles. The summed E-state index contributed by atoms with van der Waals surface area (Å²) in [6.45, 7) is 0. The van der Waals surface area contributed by atoms with Crippen molar-refractivity contribution >= 4 is 33.3 Å². The van der Waals surface area contributed by atoms with E-state index in [0.29, 0.717) is 5.13 Å². The van der Waals surface area contributed by atoms with E-state index in [1.54, 1.807) is 7.11 Å². The number of carbonyl (C=O) groups is 1. The van der Waals surface area contributed by atoms with Crippen LogP contribution in [-0.4, -0.2) is 30.2 Å². The van der Waals surface area contributed by atoms with Gasteiger partial charge in [-0.05, 0) is 18.2 Å². The predicted molar refractivity (Wildman–Crippen MR) is 86.1 cm³/mol. The molecule has 6 nitrogen and oxygen atoms in total. The van der Waals surface area contributed by atoms with Crippen LogP contribution in [-0.2, 0) is 16.0 Å². The molecule has 0 aliphatic heterocycles. The normalized spacial score (nSPS) is 10.8. The van der Waals surface area contributed by atoms with E-state index in [2.05, 4.69) is 9.97 Å². The van der Waals surface area contributed by atoms with Gasteiger partial charge in [-0.2, -0.15) is 0 Å². The van der Waals surface area contributed by atoms with Crippen molar-refractivity contribution in [1.29, 1.82) is 0 Å². The van der Waals surface area contributed by atoms with Crippen LogP contribution in [0.5, 0.6) is 5.75 Å². The molecule has 0 atom stereocenters. The molecular weight excluding hydrogens is 302 g/mol. The number of nitrogens with two attached hydrogens (primary N) is 1. The molecule has 0 aliphatic carbocycles. The van der Waals surface area contributed by atoms with Crippen molar-refractivity contribution in [2.45, 2.75) is 6.42 Å². The second-order valence-electron chi connectivity index (χ2n) is 4.71. The second kappa shape index (κ2) is 5.69. The first-order valence-electron chi connectivity index (χ1n) is 6.59. The molecule has 0 bridgehead atoms. The average Bonchev–Trinajstić information content (AvgIpc) is 3.09. The van der Waals surface area contributed by atoms with E-state index in [0.717, 1.165) is 33.6 Å². The Bertz CT molecular complexity index is 838. The number of ether oxygens (including phenoxy) is 2. The van der Waals surface area contributed by atoms with Crippen molar-refractivity contribution in [3.8, 4) is 17.0 Å². The van der Waals surface area contributed by atoms with Gasteiger partial charge in [-0.25, -0.2) is 4.98 Å². The fraction of sp³-hybridized carbons (Fsp3) is 0.200. The zero-order valence-electron chi connectivity index (χ0n) is 12.2. The summed E-state index contributed by atoms with van der Waals surface area (Å²) >= 11 is 1.36. The first-order valence-corrected chi connectivity index (χ1v) is 7.47. The second-order valence-corrected chi connectivity index (χ2v) is 5.60. The highest BCUT2D eigenvalue weighted by Gasteiger charge is 2.18. The van der Waals surface area contributed by atoms with E-state index in [9.17, 15) is 4.79 Å². The number of nitrogens with one attached hydrogen (secondary N) is 1. The van der Waals surface area contributed by atoms with Crippen LogP contribution in [0.4, 0.5) is 5.13 Å². The van der Waals surface area contributed by atoms with Crippen molar-refractivity contribution < 1.29 is 14.3 Å². The summed E-state index contributed by atoms with van der Waals surface area (Å²) in [5.74, 6) is 0.420. The van der Waals surface area contributed by atoms with Crippen molar-refractivity contribution in [1.82, 2.24) is 9.97 Å². The van der Waals surface area contributed by atoms with E-state index in [1.807, 2.05) is 23.6 Å². The summed E-state index contributed by atoms with van der Waals surface area (Å²) in [5.41, 5.74) is 8.99. The number of carbonyl (C=O) groups excluding carboxylic acids is 1. The van der Waals surface area contributed by atoms with Crippen molar-refractivity contribution in [3.63, 3.8) is 0 Å². The molecule has 22 heavy (non-hydrogen) atoms. The molecule has 0 aliphatic rings. The van der Waals surface area contributed by atoms with E-state index in [-0.39, 0.29) is 12.4 Å². The zero-order chi connectivity index (χ0) is 15.7. The predicted octanol–water partition coefficient (Wildman–Crippen LogP) is 2.60. The Balaban J connectivity index is 2.22. The van der Waals surface area contributed by atoms with Crippen LogP contribution in [0.25, 0.3) is 22.2 Å². The highest BCUT2D eigenvalue weighted by Crippen LogP contribution is 2.35. The molecule has 0 unspecified atom stereocenters. The Morgan fingerprint density at radius 3 is 2.86 bits per heavy atom. The molecule has 1 aromatic carbocycles. The molecule has 2 aromatic heterocycles. The number of esters is 1. The summed E-state index contributed by atoms with van der Waals surface area (Å²) in [4.78, 5) is 19.3. The van der Waals surface area contributed by atoms with Crippen LogP contribution in [0.1, 0.15) is 5.69 Å². The van der Waals surface area contributed by atoms with Gasteiger partial charge >= 0.3 is 5.97 Å². The number of thiazole rings is 1. The molecule has 0 radical (unpaired) electrons. The number of methoxy groups -OCH3 is 2. The summed E-state index contributed by atoms with van der Waals surface area (Å²) in [7, 11) is 2.98. The summed E-state index contributed by atoms with van der Waals surface area (Å²) < 4.78 is 10.0. The van der Waals surface area contributed by atoms with Crippen molar-refractivity contribution in [2.75, 3.05) is 20.0 Å². The van der Waals surface area contributed by atoms with Gasteiger partial charge in [0.1, 0.15) is 5.75 Å². The van der Waals surface area contributed by atoms with Gasteiger partial charge in [-0.15, -0.1) is 11.3 Å². The number of hydrogen-bond donors (Lipinski definition) is 2. The van der Waals surface area contributed by atoms with E-state index in [4.69, 9.17) is 15.2 Å². The highest BCUT2D eigenvalue weighted by atomic mass is 32.1. The third-order valence-corrected chi connectivity index (χ3v) is 4.08. The molecule has 0 spiro atoms. The van der Waals surface area contributed by atoms with Gasteiger partial charge in [0.05, 0.1) is 26.3 Å². The Morgan fingerprint density at radius 1 is 1.41 bits per heavy atom. The highest BCUT2D eigenvalue weighted by molar-refractivity contribution is 7.13. The number of nitrogen functional groups attached to an aromatic ring is 1. The summed E-state index contributed by atoms with van der Waals surface area (Å²) in [6.07, 6.45) is 0.139. The Hall–Kier alpha value is -2.54. The molecule has 0 fully saturated rings. The molecule has 7 heteroatoms. The number of aromatic nitrogens is 2. The number of nitrogens with zero attached hydrogens (tertiary/aromatic N) is 1. The van der Waals surface area contributed by atoms with Crippen LogP contribution in [0.2, 0.25) is 0 Å². The molecule has 3 rings (SSSR count). The fourth-order valence-corrected chi connectivity index (χ4v) is 2.95. The lowest BCUT2D eigenvalue weighted by atomic mass is 10.1. The number of fused-ring (bicyclic) bond motifs is 1. The van der Waals surface area contributed by atoms with E-state index < -0.39 is 0 Å². The maximum absolute atomic E-state index is 11.7. The van der Waals surface area contributed by atoms with Gasteiger partial charge in [-0.3, -0.25) is 4.79 Å². The van der Waals surface area contributed by atoms with Gasteiger partial charge in [0.2, 0.25) is 0 Å². The van der Waals surface area contributed by atoms with Crippen molar-refractivity contribution in [2.24, 2.45) is 0 Å². The van der Waals surface area contributed by atoms with Crippen molar-refractivity contribution in [3.05, 3.63) is 29.3 Å². The zero-order valence-corrected chi connectivity index (χ0v) is 13.0. The number of benzene rings is 1. The van der Waals surface area contributed by atoms with Gasteiger partial charge < -0.3 is 20.2 Å².